The van der Waals surface area contributed by atoms with Gasteiger partial charge in [-0.05, 0) is 24.6 Å². The number of carbonyl (C=O) groups is 3. The third kappa shape index (κ3) is 2.88. The zero-order chi connectivity index (χ0) is 17.2. The molecule has 0 unspecified atom stereocenters. The first kappa shape index (κ1) is 15.8. The lowest BCUT2D eigenvalue weighted by atomic mass is 9.92. The zero-order valence-corrected chi connectivity index (χ0v) is 13.1. The molecule has 0 bridgehead atoms. The Morgan fingerprint density at radius 1 is 1.21 bits per heavy atom. The van der Waals surface area contributed by atoms with Crippen LogP contribution < -0.4 is 10.6 Å². The van der Waals surface area contributed by atoms with Crippen LogP contribution in [-0.4, -0.2) is 29.3 Å². The molecule has 1 aromatic carbocycles. The SMILES string of the molecule is C[C@]1(c2ccccc2)NC(=O)N(CC(=O)NCc2ccco2)C1=O. The van der Waals surface area contributed by atoms with Crippen molar-refractivity contribution in [3.05, 3.63) is 60.1 Å². The van der Waals surface area contributed by atoms with Crippen molar-refractivity contribution in [2.24, 2.45) is 0 Å². The highest BCUT2D eigenvalue weighted by atomic mass is 16.3. The summed E-state index contributed by atoms with van der Waals surface area (Å²) in [6.07, 6.45) is 1.50. The maximum atomic E-state index is 12.7. The molecule has 2 N–H and O–H groups in total. The monoisotopic (exact) mass is 327 g/mol. The molecule has 24 heavy (non-hydrogen) atoms. The molecule has 1 aliphatic heterocycles. The van der Waals surface area contributed by atoms with E-state index in [4.69, 9.17) is 4.42 Å². The molecule has 124 valence electrons. The Labute approximate surface area is 138 Å². The van der Waals surface area contributed by atoms with Gasteiger partial charge in [-0.3, -0.25) is 14.5 Å². The quantitative estimate of drug-likeness (QED) is 0.811. The van der Waals surface area contributed by atoms with E-state index < -0.39 is 23.4 Å². The van der Waals surface area contributed by atoms with Crippen molar-refractivity contribution in [1.82, 2.24) is 15.5 Å². The summed E-state index contributed by atoms with van der Waals surface area (Å²) in [5.41, 5.74) is -0.499. The minimum Gasteiger partial charge on any atom is -0.467 e. The number of carbonyl (C=O) groups excluding carboxylic acids is 3. The van der Waals surface area contributed by atoms with Gasteiger partial charge in [0.05, 0.1) is 12.8 Å². The Balaban J connectivity index is 1.67. The van der Waals surface area contributed by atoms with Gasteiger partial charge in [-0.15, -0.1) is 0 Å². The number of imide groups is 1. The molecular formula is C17H17N3O4. The topological polar surface area (TPSA) is 91.7 Å². The zero-order valence-electron chi connectivity index (χ0n) is 13.1. The highest BCUT2D eigenvalue weighted by Crippen LogP contribution is 2.28. The Morgan fingerprint density at radius 2 is 1.96 bits per heavy atom. The summed E-state index contributed by atoms with van der Waals surface area (Å²) in [4.78, 5) is 37.7. The van der Waals surface area contributed by atoms with Crippen LogP contribution in [0, 0.1) is 0 Å². The minimum absolute atomic E-state index is 0.200. The average Bonchev–Trinajstić information content (AvgIpc) is 3.17. The molecule has 4 amide bonds. The van der Waals surface area contributed by atoms with Crippen LogP contribution in [0.4, 0.5) is 4.79 Å². The van der Waals surface area contributed by atoms with Crippen LogP contribution in [-0.2, 0) is 21.7 Å². The molecule has 1 atom stereocenters. The Kier molecular flexibility index (Phi) is 4.07. The Bertz CT molecular complexity index is 757. The molecule has 0 saturated carbocycles. The predicted octanol–water partition coefficient (Wildman–Crippen LogP) is 1.36. The van der Waals surface area contributed by atoms with E-state index in [2.05, 4.69) is 10.6 Å². The second-order valence-electron chi connectivity index (χ2n) is 5.67. The Hall–Kier alpha value is -3.09. The van der Waals surface area contributed by atoms with Crippen LogP contribution in [0.1, 0.15) is 18.2 Å². The normalized spacial score (nSPS) is 20.1. The molecule has 2 aromatic rings. The third-order valence-electron chi connectivity index (χ3n) is 3.97. The van der Waals surface area contributed by atoms with Gasteiger partial charge in [-0.25, -0.2) is 4.79 Å². The standard InChI is InChI=1S/C17H17N3O4/c1-17(12-6-3-2-4-7-12)15(22)20(16(23)19-17)11-14(21)18-10-13-8-5-9-24-13/h2-9H,10-11H2,1H3,(H,18,21)(H,19,23)/t17-/m1/s1. The molecule has 1 aromatic heterocycles. The Morgan fingerprint density at radius 3 is 2.62 bits per heavy atom. The summed E-state index contributed by atoms with van der Waals surface area (Å²) in [6.45, 7) is 1.49. The molecule has 0 radical (unpaired) electrons. The van der Waals surface area contributed by atoms with E-state index in [0.717, 1.165) is 4.90 Å². The molecule has 7 nitrogen and oxygen atoms in total. The fraction of sp³-hybridized carbons (Fsp3) is 0.235. The third-order valence-corrected chi connectivity index (χ3v) is 3.97. The van der Waals surface area contributed by atoms with Crippen molar-refractivity contribution in [2.45, 2.75) is 19.0 Å². The van der Waals surface area contributed by atoms with Crippen LogP contribution in [0.5, 0.6) is 0 Å². The van der Waals surface area contributed by atoms with Gasteiger partial charge >= 0.3 is 6.03 Å². The van der Waals surface area contributed by atoms with Crippen LogP contribution >= 0.6 is 0 Å². The van der Waals surface area contributed by atoms with Gasteiger partial charge in [0.1, 0.15) is 17.8 Å². The maximum Gasteiger partial charge on any atom is 0.325 e. The summed E-state index contributed by atoms with van der Waals surface area (Å²) in [6, 6.07) is 11.8. The number of hydrogen-bond acceptors (Lipinski definition) is 4. The first-order valence-corrected chi connectivity index (χ1v) is 7.49. The first-order chi connectivity index (χ1) is 11.5. The molecular weight excluding hydrogens is 310 g/mol. The van der Waals surface area contributed by atoms with Crippen molar-refractivity contribution < 1.29 is 18.8 Å². The summed E-state index contributed by atoms with van der Waals surface area (Å²) in [5.74, 6) is -0.297. The van der Waals surface area contributed by atoms with Crippen molar-refractivity contribution in [3.63, 3.8) is 0 Å². The van der Waals surface area contributed by atoms with Gasteiger partial charge in [0, 0.05) is 0 Å². The number of amides is 4. The lowest BCUT2D eigenvalue weighted by molar-refractivity contribution is -0.134. The molecule has 3 rings (SSSR count). The van der Waals surface area contributed by atoms with Gasteiger partial charge in [-0.2, -0.15) is 0 Å². The molecule has 2 heterocycles. The van der Waals surface area contributed by atoms with E-state index in [9.17, 15) is 14.4 Å². The fourth-order valence-corrected chi connectivity index (χ4v) is 2.61. The second kappa shape index (κ2) is 6.19. The number of furan rings is 1. The summed E-state index contributed by atoms with van der Waals surface area (Å²) in [7, 11) is 0. The number of nitrogens with one attached hydrogen (secondary N) is 2. The molecule has 1 aliphatic rings. The highest BCUT2D eigenvalue weighted by molar-refractivity contribution is 6.09. The largest absolute Gasteiger partial charge is 0.467 e. The van der Waals surface area contributed by atoms with Gasteiger partial charge in [0.25, 0.3) is 5.91 Å². The van der Waals surface area contributed by atoms with Gasteiger partial charge in [-0.1, -0.05) is 30.3 Å². The lowest BCUT2D eigenvalue weighted by Gasteiger charge is -2.22. The summed E-state index contributed by atoms with van der Waals surface area (Å²) >= 11 is 0. The van der Waals surface area contributed by atoms with Crippen molar-refractivity contribution in [2.75, 3.05) is 6.54 Å². The molecule has 0 aliphatic carbocycles. The average molecular weight is 327 g/mol. The van der Waals surface area contributed by atoms with Crippen LogP contribution in [0.25, 0.3) is 0 Å². The number of benzene rings is 1. The summed E-state index contributed by atoms with van der Waals surface area (Å²) in [5, 5.41) is 5.27. The van der Waals surface area contributed by atoms with Gasteiger partial charge < -0.3 is 15.1 Å². The van der Waals surface area contributed by atoms with Crippen LogP contribution in [0.15, 0.2) is 53.1 Å². The van der Waals surface area contributed by atoms with Gasteiger partial charge in [0.15, 0.2) is 0 Å². The van der Waals surface area contributed by atoms with Crippen molar-refractivity contribution in [3.8, 4) is 0 Å². The summed E-state index contributed by atoms with van der Waals surface area (Å²) < 4.78 is 5.11. The number of rotatable bonds is 5. The fourth-order valence-electron chi connectivity index (χ4n) is 2.61. The van der Waals surface area contributed by atoms with E-state index in [1.165, 1.54) is 6.26 Å². The number of urea groups is 1. The second-order valence-corrected chi connectivity index (χ2v) is 5.67. The maximum absolute atomic E-state index is 12.7. The van der Waals surface area contributed by atoms with E-state index in [1.54, 1.807) is 43.3 Å². The van der Waals surface area contributed by atoms with Crippen molar-refractivity contribution in [1.29, 1.82) is 0 Å². The number of hydrogen-bond donors (Lipinski definition) is 2. The lowest BCUT2D eigenvalue weighted by Crippen LogP contribution is -2.43. The van der Waals surface area contributed by atoms with E-state index in [-0.39, 0.29) is 13.1 Å². The van der Waals surface area contributed by atoms with Gasteiger partial charge in [0.2, 0.25) is 5.91 Å². The van der Waals surface area contributed by atoms with E-state index in [1.807, 2.05) is 6.07 Å². The van der Waals surface area contributed by atoms with E-state index in [0.29, 0.717) is 11.3 Å². The highest BCUT2D eigenvalue weighted by Gasteiger charge is 2.49. The minimum atomic E-state index is -1.17. The molecule has 0 spiro atoms. The molecule has 7 heteroatoms. The van der Waals surface area contributed by atoms with E-state index >= 15 is 0 Å². The molecule has 1 saturated heterocycles. The van der Waals surface area contributed by atoms with Crippen molar-refractivity contribution >= 4 is 17.8 Å². The predicted molar refractivity (Wildman–Crippen MR) is 84.6 cm³/mol. The van der Waals surface area contributed by atoms with Crippen LogP contribution in [0.2, 0.25) is 0 Å². The molecule has 1 fully saturated rings. The smallest absolute Gasteiger partial charge is 0.325 e. The number of nitrogens with zero attached hydrogens (tertiary/aromatic N) is 1. The van der Waals surface area contributed by atoms with Crippen LogP contribution in [0.3, 0.4) is 0 Å². The first-order valence-electron chi connectivity index (χ1n) is 7.49.